The normalized spacial score (nSPS) is 16.8. The largest absolute Gasteiger partial charge is 0.490 e. The molecule has 5 nitrogen and oxygen atoms in total. The van der Waals surface area contributed by atoms with Gasteiger partial charge in [0.2, 0.25) is 0 Å². The zero-order chi connectivity index (χ0) is 15.4. The molecule has 1 N–H and O–H groups in total. The van der Waals surface area contributed by atoms with Crippen LogP contribution in [0.2, 0.25) is 0 Å². The van der Waals surface area contributed by atoms with E-state index in [4.69, 9.17) is 9.47 Å². The molecular formula is C17H23N3O2. The van der Waals surface area contributed by atoms with Crippen LogP contribution in [-0.2, 0) is 6.54 Å². The van der Waals surface area contributed by atoms with Crippen LogP contribution in [0.3, 0.4) is 0 Å². The molecule has 0 saturated heterocycles. The van der Waals surface area contributed by atoms with E-state index in [1.165, 1.54) is 0 Å². The van der Waals surface area contributed by atoms with Crippen molar-refractivity contribution in [2.24, 2.45) is 0 Å². The predicted octanol–water partition coefficient (Wildman–Crippen LogP) is 2.78. The Morgan fingerprint density at radius 1 is 1.23 bits per heavy atom. The van der Waals surface area contributed by atoms with Crippen LogP contribution in [0.15, 0.2) is 36.7 Å². The molecule has 5 heteroatoms. The van der Waals surface area contributed by atoms with Gasteiger partial charge < -0.3 is 14.8 Å². The van der Waals surface area contributed by atoms with Crippen molar-refractivity contribution in [1.29, 1.82) is 0 Å². The van der Waals surface area contributed by atoms with E-state index in [0.29, 0.717) is 12.6 Å². The lowest BCUT2D eigenvalue weighted by atomic mass is 10.1. The SMILES string of the molecule is C[C@H](NCc1cccc2c1OCCCO2)[C@H](C)n1cccn1. The quantitative estimate of drug-likeness (QED) is 0.922. The maximum Gasteiger partial charge on any atom is 0.165 e. The van der Waals surface area contributed by atoms with Crippen LogP contribution in [0.4, 0.5) is 0 Å². The number of rotatable bonds is 5. The van der Waals surface area contributed by atoms with Gasteiger partial charge in [0.05, 0.1) is 19.3 Å². The molecule has 1 aliphatic heterocycles. The van der Waals surface area contributed by atoms with Gasteiger partial charge in [0.1, 0.15) is 0 Å². The average Bonchev–Trinajstić information content (AvgIpc) is 2.96. The molecule has 1 aromatic carbocycles. The number of aromatic nitrogens is 2. The van der Waals surface area contributed by atoms with Crippen molar-refractivity contribution in [3.05, 3.63) is 42.2 Å². The van der Waals surface area contributed by atoms with E-state index in [1.54, 1.807) is 0 Å². The van der Waals surface area contributed by atoms with Crippen LogP contribution in [0.5, 0.6) is 11.5 Å². The van der Waals surface area contributed by atoms with Gasteiger partial charge in [-0.15, -0.1) is 0 Å². The molecule has 2 aromatic rings. The Morgan fingerprint density at radius 3 is 2.91 bits per heavy atom. The average molecular weight is 301 g/mol. The Labute approximate surface area is 131 Å². The van der Waals surface area contributed by atoms with Gasteiger partial charge in [0.15, 0.2) is 11.5 Å². The molecule has 1 aromatic heterocycles. The molecule has 0 unspecified atom stereocenters. The summed E-state index contributed by atoms with van der Waals surface area (Å²) in [5.74, 6) is 1.73. The molecule has 0 saturated carbocycles. The van der Waals surface area contributed by atoms with E-state index < -0.39 is 0 Å². The lowest BCUT2D eigenvalue weighted by Crippen LogP contribution is -2.33. The second-order valence-corrected chi connectivity index (χ2v) is 5.69. The van der Waals surface area contributed by atoms with Gasteiger partial charge in [-0.1, -0.05) is 12.1 Å². The van der Waals surface area contributed by atoms with Crippen molar-refractivity contribution < 1.29 is 9.47 Å². The minimum atomic E-state index is 0.287. The van der Waals surface area contributed by atoms with Crippen LogP contribution < -0.4 is 14.8 Å². The first-order valence-corrected chi connectivity index (χ1v) is 7.85. The molecule has 2 heterocycles. The molecule has 2 atom stereocenters. The van der Waals surface area contributed by atoms with Crippen LogP contribution >= 0.6 is 0 Å². The Hall–Kier alpha value is -2.01. The molecular weight excluding hydrogens is 278 g/mol. The van der Waals surface area contributed by atoms with E-state index in [-0.39, 0.29) is 6.04 Å². The summed E-state index contributed by atoms with van der Waals surface area (Å²) in [7, 11) is 0. The topological polar surface area (TPSA) is 48.3 Å². The molecule has 118 valence electrons. The molecule has 0 bridgehead atoms. The van der Waals surface area contributed by atoms with Crippen LogP contribution in [-0.4, -0.2) is 29.0 Å². The summed E-state index contributed by atoms with van der Waals surface area (Å²) in [5, 5.41) is 7.87. The summed E-state index contributed by atoms with van der Waals surface area (Å²) < 4.78 is 13.6. The summed E-state index contributed by atoms with van der Waals surface area (Å²) in [6, 6.07) is 8.61. The first-order chi connectivity index (χ1) is 10.8. The summed E-state index contributed by atoms with van der Waals surface area (Å²) >= 11 is 0. The Morgan fingerprint density at radius 2 is 2.09 bits per heavy atom. The molecule has 0 spiro atoms. The minimum Gasteiger partial charge on any atom is -0.490 e. The van der Waals surface area contributed by atoms with E-state index in [1.807, 2.05) is 35.3 Å². The highest BCUT2D eigenvalue weighted by Crippen LogP contribution is 2.33. The number of ether oxygens (including phenoxy) is 2. The third kappa shape index (κ3) is 3.25. The van der Waals surface area contributed by atoms with Crippen molar-refractivity contribution in [3.63, 3.8) is 0 Å². The highest BCUT2D eigenvalue weighted by atomic mass is 16.5. The summed E-state index contributed by atoms with van der Waals surface area (Å²) in [6.07, 6.45) is 4.73. The fourth-order valence-electron chi connectivity index (χ4n) is 2.59. The molecule has 1 aliphatic rings. The number of nitrogens with one attached hydrogen (secondary N) is 1. The lowest BCUT2D eigenvalue weighted by molar-refractivity contribution is 0.295. The third-order valence-electron chi connectivity index (χ3n) is 4.13. The van der Waals surface area contributed by atoms with E-state index >= 15 is 0 Å². The Kier molecular flexibility index (Phi) is 4.63. The Balaban J connectivity index is 1.66. The zero-order valence-corrected chi connectivity index (χ0v) is 13.2. The smallest absolute Gasteiger partial charge is 0.165 e. The monoisotopic (exact) mass is 301 g/mol. The van der Waals surface area contributed by atoms with Gasteiger partial charge in [-0.05, 0) is 26.0 Å². The number of nitrogens with zero attached hydrogens (tertiary/aromatic N) is 2. The van der Waals surface area contributed by atoms with Gasteiger partial charge in [0.25, 0.3) is 0 Å². The van der Waals surface area contributed by atoms with Gasteiger partial charge in [-0.25, -0.2) is 0 Å². The van der Waals surface area contributed by atoms with Gasteiger partial charge in [-0.3, -0.25) is 4.68 Å². The second-order valence-electron chi connectivity index (χ2n) is 5.69. The van der Waals surface area contributed by atoms with E-state index in [0.717, 1.165) is 36.6 Å². The fourth-order valence-corrected chi connectivity index (χ4v) is 2.59. The Bertz CT molecular complexity index is 598. The lowest BCUT2D eigenvalue weighted by Gasteiger charge is -2.22. The molecule has 3 rings (SSSR count). The number of hydrogen-bond donors (Lipinski definition) is 1. The van der Waals surface area contributed by atoms with Crippen molar-refractivity contribution >= 4 is 0 Å². The minimum absolute atomic E-state index is 0.287. The highest BCUT2D eigenvalue weighted by Gasteiger charge is 2.17. The van der Waals surface area contributed by atoms with E-state index in [9.17, 15) is 0 Å². The van der Waals surface area contributed by atoms with Crippen LogP contribution in [0.1, 0.15) is 31.9 Å². The summed E-state index contributed by atoms with van der Waals surface area (Å²) in [6.45, 7) is 6.51. The van der Waals surface area contributed by atoms with Crippen LogP contribution in [0, 0.1) is 0 Å². The standard InChI is InChI=1S/C17H23N3O2/c1-13(14(2)20-9-4-8-19-20)18-12-15-6-3-7-16-17(15)22-11-5-10-21-16/h3-4,6-9,13-14,18H,5,10-12H2,1-2H3/t13-,14-/m0/s1. The fraction of sp³-hybridized carbons (Fsp3) is 0.471. The van der Waals surface area contributed by atoms with Crippen molar-refractivity contribution in [2.45, 2.75) is 38.9 Å². The number of hydrogen-bond acceptors (Lipinski definition) is 4. The van der Waals surface area contributed by atoms with Crippen molar-refractivity contribution in [1.82, 2.24) is 15.1 Å². The third-order valence-corrected chi connectivity index (χ3v) is 4.13. The molecule has 0 fully saturated rings. The van der Waals surface area contributed by atoms with E-state index in [2.05, 4.69) is 30.3 Å². The maximum absolute atomic E-state index is 5.86. The number of benzene rings is 1. The molecule has 0 aliphatic carbocycles. The molecule has 0 radical (unpaired) electrons. The van der Waals surface area contributed by atoms with Crippen LogP contribution in [0.25, 0.3) is 0 Å². The molecule has 0 amide bonds. The van der Waals surface area contributed by atoms with Gasteiger partial charge in [0, 0.05) is 37.0 Å². The van der Waals surface area contributed by atoms with Gasteiger partial charge in [-0.2, -0.15) is 5.10 Å². The first-order valence-electron chi connectivity index (χ1n) is 7.85. The highest BCUT2D eigenvalue weighted by molar-refractivity contribution is 5.47. The first kappa shape index (κ1) is 14.9. The zero-order valence-electron chi connectivity index (χ0n) is 13.2. The second kappa shape index (κ2) is 6.83. The predicted molar refractivity (Wildman–Crippen MR) is 85.3 cm³/mol. The maximum atomic E-state index is 5.86. The number of fused-ring (bicyclic) bond motifs is 1. The molecule has 22 heavy (non-hydrogen) atoms. The summed E-state index contributed by atoms with van der Waals surface area (Å²) in [4.78, 5) is 0. The number of para-hydroxylation sites is 1. The van der Waals surface area contributed by atoms with Crippen molar-refractivity contribution in [2.75, 3.05) is 13.2 Å². The summed E-state index contributed by atoms with van der Waals surface area (Å²) in [5.41, 5.74) is 1.14. The van der Waals surface area contributed by atoms with Gasteiger partial charge >= 0.3 is 0 Å². The van der Waals surface area contributed by atoms with Crippen molar-refractivity contribution in [3.8, 4) is 11.5 Å².